The third-order valence-corrected chi connectivity index (χ3v) is 3.15. The number of aryl methyl sites for hydroxylation is 1. The molecule has 0 saturated carbocycles. The van der Waals surface area contributed by atoms with Crippen LogP contribution < -0.4 is 11.1 Å². The lowest BCUT2D eigenvalue weighted by Crippen LogP contribution is -2.19. The minimum Gasteiger partial charge on any atom is -0.330 e. The molecule has 0 aliphatic rings. The van der Waals surface area contributed by atoms with E-state index >= 15 is 0 Å². The molecule has 0 radical (unpaired) electrons. The van der Waals surface area contributed by atoms with E-state index in [1.54, 1.807) is 18.3 Å². The van der Waals surface area contributed by atoms with Gasteiger partial charge in [0.05, 0.1) is 5.69 Å². The number of carbonyl (C=O) groups is 1. The van der Waals surface area contributed by atoms with E-state index in [9.17, 15) is 4.79 Å². The Kier molecular flexibility index (Phi) is 4.70. The highest BCUT2D eigenvalue weighted by Crippen LogP contribution is 2.19. The molecule has 20 heavy (non-hydrogen) atoms. The van der Waals surface area contributed by atoms with Crippen molar-refractivity contribution in [2.75, 3.05) is 11.9 Å². The van der Waals surface area contributed by atoms with Gasteiger partial charge in [-0.05, 0) is 31.2 Å². The van der Waals surface area contributed by atoms with Crippen molar-refractivity contribution in [3.63, 3.8) is 0 Å². The number of anilines is 1. The van der Waals surface area contributed by atoms with E-state index in [-0.39, 0.29) is 12.5 Å². The smallest absolute Gasteiger partial charge is 0.246 e. The molecule has 1 aromatic carbocycles. The summed E-state index contributed by atoms with van der Waals surface area (Å²) in [5.74, 6) is -0.186. The van der Waals surface area contributed by atoms with Crippen molar-refractivity contribution in [2.24, 2.45) is 5.73 Å². The SMILES string of the molecule is Cc1ccc(NC(=O)Cn2cc(CCN)nn2)cc1Cl. The summed E-state index contributed by atoms with van der Waals surface area (Å²) in [4.78, 5) is 11.9. The van der Waals surface area contributed by atoms with Crippen LogP contribution >= 0.6 is 11.6 Å². The summed E-state index contributed by atoms with van der Waals surface area (Å²) in [6, 6.07) is 5.38. The normalized spacial score (nSPS) is 10.6. The number of amides is 1. The predicted molar refractivity (Wildman–Crippen MR) is 77.6 cm³/mol. The maximum Gasteiger partial charge on any atom is 0.246 e. The first-order chi connectivity index (χ1) is 9.58. The number of hydrogen-bond donors (Lipinski definition) is 2. The minimum absolute atomic E-state index is 0.100. The molecule has 1 aromatic heterocycles. The molecule has 0 aliphatic carbocycles. The predicted octanol–water partition coefficient (Wildman–Crippen LogP) is 1.38. The fourth-order valence-electron chi connectivity index (χ4n) is 1.70. The number of nitrogens with one attached hydrogen (secondary N) is 1. The van der Waals surface area contributed by atoms with Crippen molar-refractivity contribution >= 4 is 23.2 Å². The lowest BCUT2D eigenvalue weighted by atomic mass is 10.2. The average molecular weight is 294 g/mol. The summed E-state index contributed by atoms with van der Waals surface area (Å²) in [5.41, 5.74) is 7.83. The van der Waals surface area contributed by atoms with Crippen molar-refractivity contribution in [3.8, 4) is 0 Å². The van der Waals surface area contributed by atoms with Crippen LogP contribution in [0.2, 0.25) is 5.02 Å². The van der Waals surface area contributed by atoms with Crippen molar-refractivity contribution in [1.82, 2.24) is 15.0 Å². The molecule has 0 saturated heterocycles. The van der Waals surface area contributed by atoms with Gasteiger partial charge in [0.25, 0.3) is 0 Å². The lowest BCUT2D eigenvalue weighted by molar-refractivity contribution is -0.116. The van der Waals surface area contributed by atoms with E-state index < -0.39 is 0 Å². The molecular weight excluding hydrogens is 278 g/mol. The van der Waals surface area contributed by atoms with Crippen molar-refractivity contribution < 1.29 is 4.79 Å². The first-order valence-electron chi connectivity index (χ1n) is 6.23. The Morgan fingerprint density at radius 1 is 1.50 bits per heavy atom. The summed E-state index contributed by atoms with van der Waals surface area (Å²) in [5, 5.41) is 11.2. The van der Waals surface area contributed by atoms with Crippen LogP contribution in [0.25, 0.3) is 0 Å². The summed E-state index contributed by atoms with van der Waals surface area (Å²) in [6.45, 7) is 2.51. The number of halogens is 1. The average Bonchev–Trinajstić information content (AvgIpc) is 2.81. The number of benzene rings is 1. The van der Waals surface area contributed by atoms with Gasteiger partial charge >= 0.3 is 0 Å². The molecule has 0 aliphatic heterocycles. The molecule has 0 bridgehead atoms. The molecule has 2 rings (SSSR count). The number of carbonyl (C=O) groups excluding carboxylic acids is 1. The Hall–Kier alpha value is -1.92. The van der Waals surface area contributed by atoms with Gasteiger partial charge in [0.1, 0.15) is 6.54 Å². The van der Waals surface area contributed by atoms with Gasteiger partial charge < -0.3 is 11.1 Å². The maximum atomic E-state index is 11.9. The van der Waals surface area contributed by atoms with Gasteiger partial charge in [-0.25, -0.2) is 4.68 Å². The van der Waals surface area contributed by atoms with Crippen LogP contribution in [-0.4, -0.2) is 27.4 Å². The van der Waals surface area contributed by atoms with Crippen LogP contribution in [0.15, 0.2) is 24.4 Å². The highest BCUT2D eigenvalue weighted by molar-refractivity contribution is 6.31. The van der Waals surface area contributed by atoms with E-state index in [2.05, 4.69) is 15.6 Å². The molecule has 6 nitrogen and oxygen atoms in total. The lowest BCUT2D eigenvalue weighted by Gasteiger charge is -2.06. The topological polar surface area (TPSA) is 85.8 Å². The molecule has 1 heterocycles. The van der Waals surface area contributed by atoms with Gasteiger partial charge in [-0.3, -0.25) is 4.79 Å². The zero-order valence-corrected chi connectivity index (χ0v) is 11.9. The summed E-state index contributed by atoms with van der Waals surface area (Å²) in [6.07, 6.45) is 2.36. The Morgan fingerprint density at radius 3 is 3.00 bits per heavy atom. The molecular formula is C13H16ClN5O. The fourth-order valence-corrected chi connectivity index (χ4v) is 1.88. The molecule has 106 valence electrons. The first kappa shape index (κ1) is 14.5. The Labute approximate surface area is 121 Å². The Bertz CT molecular complexity index is 611. The van der Waals surface area contributed by atoms with Crippen molar-refractivity contribution in [3.05, 3.63) is 40.7 Å². The zero-order valence-electron chi connectivity index (χ0n) is 11.1. The van der Waals surface area contributed by atoms with E-state index in [1.807, 2.05) is 13.0 Å². The number of nitrogens with two attached hydrogens (primary N) is 1. The third-order valence-electron chi connectivity index (χ3n) is 2.75. The highest BCUT2D eigenvalue weighted by Gasteiger charge is 2.07. The van der Waals surface area contributed by atoms with Crippen LogP contribution in [0.1, 0.15) is 11.3 Å². The second-order valence-electron chi connectivity index (χ2n) is 4.46. The molecule has 0 unspecified atom stereocenters. The molecule has 2 aromatic rings. The second kappa shape index (κ2) is 6.49. The quantitative estimate of drug-likeness (QED) is 0.872. The zero-order chi connectivity index (χ0) is 14.5. The second-order valence-corrected chi connectivity index (χ2v) is 4.87. The van der Waals surface area contributed by atoms with Crippen LogP contribution in [0.4, 0.5) is 5.69 Å². The molecule has 3 N–H and O–H groups in total. The van der Waals surface area contributed by atoms with Gasteiger partial charge in [-0.15, -0.1) is 5.10 Å². The summed E-state index contributed by atoms with van der Waals surface area (Å²) >= 11 is 6.00. The minimum atomic E-state index is -0.186. The van der Waals surface area contributed by atoms with E-state index in [0.29, 0.717) is 23.7 Å². The van der Waals surface area contributed by atoms with Gasteiger partial charge in [-0.1, -0.05) is 22.9 Å². The number of aromatic nitrogens is 3. The molecule has 7 heteroatoms. The Balaban J connectivity index is 1.95. The molecule has 1 amide bonds. The van der Waals surface area contributed by atoms with Crippen molar-refractivity contribution in [2.45, 2.75) is 19.9 Å². The Morgan fingerprint density at radius 2 is 2.30 bits per heavy atom. The standard InChI is InChI=1S/C13H16ClN5O/c1-9-2-3-10(6-12(9)14)16-13(20)8-19-7-11(4-5-15)17-18-19/h2-3,6-7H,4-5,8,15H2,1H3,(H,16,20). The number of rotatable bonds is 5. The van der Waals surface area contributed by atoms with Crippen molar-refractivity contribution in [1.29, 1.82) is 0 Å². The van der Waals surface area contributed by atoms with Crippen LogP contribution in [0, 0.1) is 6.92 Å². The van der Waals surface area contributed by atoms with E-state index in [0.717, 1.165) is 11.3 Å². The van der Waals surface area contributed by atoms with Crippen LogP contribution in [-0.2, 0) is 17.8 Å². The third kappa shape index (κ3) is 3.79. The first-order valence-corrected chi connectivity index (χ1v) is 6.61. The highest BCUT2D eigenvalue weighted by atomic mass is 35.5. The van der Waals surface area contributed by atoms with Gasteiger partial charge in [0, 0.05) is 23.3 Å². The number of hydrogen-bond acceptors (Lipinski definition) is 4. The summed E-state index contributed by atoms with van der Waals surface area (Å²) < 4.78 is 1.48. The van der Waals surface area contributed by atoms with Gasteiger partial charge in [0.15, 0.2) is 0 Å². The molecule has 0 fully saturated rings. The van der Waals surface area contributed by atoms with E-state index in [4.69, 9.17) is 17.3 Å². The largest absolute Gasteiger partial charge is 0.330 e. The van der Waals surface area contributed by atoms with Crippen LogP contribution in [0.3, 0.4) is 0 Å². The van der Waals surface area contributed by atoms with Crippen LogP contribution in [0.5, 0.6) is 0 Å². The van der Waals surface area contributed by atoms with Gasteiger partial charge in [-0.2, -0.15) is 0 Å². The summed E-state index contributed by atoms with van der Waals surface area (Å²) in [7, 11) is 0. The monoisotopic (exact) mass is 293 g/mol. The maximum absolute atomic E-state index is 11.9. The van der Waals surface area contributed by atoms with Gasteiger partial charge in [0.2, 0.25) is 5.91 Å². The fraction of sp³-hybridized carbons (Fsp3) is 0.308. The molecule has 0 spiro atoms. The van der Waals surface area contributed by atoms with E-state index in [1.165, 1.54) is 4.68 Å². The molecule has 0 atom stereocenters. The number of nitrogens with zero attached hydrogens (tertiary/aromatic N) is 3.